The number of likely N-dealkylation sites (tertiary alicyclic amines) is 1. The minimum absolute atomic E-state index is 0.0269. The van der Waals surface area contributed by atoms with Crippen LogP contribution in [0.1, 0.15) is 24.7 Å². The third kappa shape index (κ3) is 2.19. The van der Waals surface area contributed by atoms with Crippen LogP contribution in [0.15, 0.2) is 18.2 Å². The van der Waals surface area contributed by atoms with Gasteiger partial charge in [0, 0.05) is 11.7 Å². The summed E-state index contributed by atoms with van der Waals surface area (Å²) in [6.07, 6.45) is 2.19. The second-order valence-corrected chi connectivity index (χ2v) is 5.34. The van der Waals surface area contributed by atoms with Crippen molar-refractivity contribution in [1.82, 2.24) is 14.5 Å². The number of piperidine rings is 1. The van der Waals surface area contributed by atoms with Gasteiger partial charge in [-0.25, -0.2) is 4.98 Å². The van der Waals surface area contributed by atoms with Gasteiger partial charge in [-0.3, -0.25) is 0 Å². The number of aromatic nitrogens is 2. The average molecular weight is 260 g/mol. The van der Waals surface area contributed by atoms with E-state index in [4.69, 9.17) is 5.73 Å². The van der Waals surface area contributed by atoms with Crippen molar-refractivity contribution in [1.29, 1.82) is 0 Å². The number of hydrogen-bond donors (Lipinski definition) is 2. The van der Waals surface area contributed by atoms with Crippen LogP contribution in [0.3, 0.4) is 0 Å². The number of aliphatic hydroxyl groups is 1. The van der Waals surface area contributed by atoms with Gasteiger partial charge in [-0.1, -0.05) is 0 Å². The number of nitrogen functional groups attached to an aromatic ring is 1. The molecule has 1 aliphatic heterocycles. The fourth-order valence-electron chi connectivity index (χ4n) is 2.94. The van der Waals surface area contributed by atoms with Crippen molar-refractivity contribution in [2.24, 2.45) is 0 Å². The van der Waals surface area contributed by atoms with E-state index in [1.165, 1.54) is 0 Å². The Morgan fingerprint density at radius 3 is 2.79 bits per heavy atom. The van der Waals surface area contributed by atoms with Gasteiger partial charge in [0.25, 0.3) is 0 Å². The Hall–Kier alpha value is -1.59. The van der Waals surface area contributed by atoms with Crippen LogP contribution in [0.4, 0.5) is 5.69 Å². The smallest absolute Gasteiger partial charge is 0.135 e. The quantitative estimate of drug-likeness (QED) is 0.800. The van der Waals surface area contributed by atoms with Gasteiger partial charge < -0.3 is 20.3 Å². The molecule has 0 atom stereocenters. The summed E-state index contributed by atoms with van der Waals surface area (Å²) in [5.41, 5.74) is 8.47. The van der Waals surface area contributed by atoms with Crippen molar-refractivity contribution in [2.45, 2.75) is 25.5 Å². The standard InChI is InChI=1S/C14H20N4O/c1-17-6-4-11(5-7-17)18-13-3-2-10(15)8-12(13)16-14(18)9-19/h2-3,8,11,19H,4-7,9,15H2,1H3. The molecule has 5 nitrogen and oxygen atoms in total. The number of imidazole rings is 1. The number of fused-ring (bicyclic) bond motifs is 1. The van der Waals surface area contributed by atoms with E-state index in [9.17, 15) is 5.11 Å². The van der Waals surface area contributed by atoms with Crippen LogP contribution in [-0.4, -0.2) is 39.7 Å². The fraction of sp³-hybridized carbons (Fsp3) is 0.500. The van der Waals surface area contributed by atoms with Crippen molar-refractivity contribution in [2.75, 3.05) is 25.9 Å². The largest absolute Gasteiger partial charge is 0.399 e. The van der Waals surface area contributed by atoms with E-state index in [1.807, 2.05) is 18.2 Å². The molecule has 0 aliphatic carbocycles. The zero-order valence-electron chi connectivity index (χ0n) is 11.2. The van der Waals surface area contributed by atoms with E-state index < -0.39 is 0 Å². The van der Waals surface area contributed by atoms with Crippen molar-refractivity contribution >= 4 is 16.7 Å². The molecule has 0 unspecified atom stereocenters. The van der Waals surface area contributed by atoms with E-state index in [0.717, 1.165) is 42.8 Å². The molecule has 0 saturated carbocycles. The lowest BCUT2D eigenvalue weighted by Gasteiger charge is -2.31. The first-order valence-corrected chi connectivity index (χ1v) is 6.75. The molecule has 1 fully saturated rings. The van der Waals surface area contributed by atoms with Crippen molar-refractivity contribution in [3.63, 3.8) is 0 Å². The van der Waals surface area contributed by atoms with Gasteiger partial charge in [0.1, 0.15) is 12.4 Å². The summed E-state index contributed by atoms with van der Waals surface area (Å²) in [4.78, 5) is 6.85. The first-order chi connectivity index (χ1) is 9.19. The number of aliphatic hydroxyl groups excluding tert-OH is 1. The second-order valence-electron chi connectivity index (χ2n) is 5.34. The van der Waals surface area contributed by atoms with Gasteiger partial charge in [0.15, 0.2) is 0 Å². The SMILES string of the molecule is CN1CCC(n2c(CO)nc3cc(N)ccc32)CC1. The molecule has 0 spiro atoms. The van der Waals surface area contributed by atoms with E-state index in [2.05, 4.69) is 21.5 Å². The van der Waals surface area contributed by atoms with Gasteiger partial charge in [-0.2, -0.15) is 0 Å². The number of nitrogens with two attached hydrogens (primary N) is 1. The Bertz CT molecular complexity index is 584. The minimum atomic E-state index is -0.0269. The summed E-state index contributed by atoms with van der Waals surface area (Å²) in [5.74, 6) is 0.746. The lowest BCUT2D eigenvalue weighted by Crippen LogP contribution is -2.32. The normalized spacial score (nSPS) is 18.2. The molecule has 2 heterocycles. The van der Waals surface area contributed by atoms with Gasteiger partial charge in [0.2, 0.25) is 0 Å². The Morgan fingerprint density at radius 1 is 1.37 bits per heavy atom. The van der Waals surface area contributed by atoms with Crippen molar-refractivity contribution < 1.29 is 5.11 Å². The molecule has 0 amide bonds. The monoisotopic (exact) mass is 260 g/mol. The average Bonchev–Trinajstić information content (AvgIpc) is 2.77. The van der Waals surface area contributed by atoms with Gasteiger partial charge in [-0.05, 0) is 51.2 Å². The lowest BCUT2D eigenvalue weighted by atomic mass is 10.0. The summed E-state index contributed by atoms with van der Waals surface area (Å²) in [6, 6.07) is 6.21. The van der Waals surface area contributed by atoms with Crippen LogP contribution < -0.4 is 5.73 Å². The van der Waals surface area contributed by atoms with Crippen LogP contribution in [0, 0.1) is 0 Å². The predicted octanol–water partition coefficient (Wildman–Crippen LogP) is 1.38. The molecular weight excluding hydrogens is 240 g/mol. The van der Waals surface area contributed by atoms with Crippen LogP contribution in [0.25, 0.3) is 11.0 Å². The van der Waals surface area contributed by atoms with Crippen LogP contribution >= 0.6 is 0 Å². The van der Waals surface area contributed by atoms with Gasteiger partial charge >= 0.3 is 0 Å². The number of benzene rings is 1. The molecule has 19 heavy (non-hydrogen) atoms. The predicted molar refractivity (Wildman–Crippen MR) is 75.8 cm³/mol. The highest BCUT2D eigenvalue weighted by atomic mass is 16.3. The van der Waals surface area contributed by atoms with Crippen LogP contribution in [0.2, 0.25) is 0 Å². The van der Waals surface area contributed by atoms with Gasteiger partial charge in [-0.15, -0.1) is 0 Å². The first kappa shape index (κ1) is 12.4. The Labute approximate surface area is 112 Å². The number of rotatable bonds is 2. The first-order valence-electron chi connectivity index (χ1n) is 6.75. The second kappa shape index (κ2) is 4.83. The molecule has 3 rings (SSSR count). The minimum Gasteiger partial charge on any atom is -0.399 e. The van der Waals surface area contributed by atoms with E-state index >= 15 is 0 Å². The molecule has 5 heteroatoms. The van der Waals surface area contributed by atoms with Gasteiger partial charge in [0.05, 0.1) is 11.0 Å². The molecule has 1 aliphatic rings. The summed E-state index contributed by atoms with van der Waals surface area (Å²) < 4.78 is 2.20. The number of hydrogen-bond acceptors (Lipinski definition) is 4. The molecule has 2 aromatic rings. The zero-order valence-corrected chi connectivity index (χ0v) is 11.2. The van der Waals surface area contributed by atoms with Crippen molar-refractivity contribution in [3.05, 3.63) is 24.0 Å². The molecule has 1 aromatic heterocycles. The van der Waals surface area contributed by atoms with Crippen LogP contribution in [0.5, 0.6) is 0 Å². The molecule has 0 radical (unpaired) electrons. The van der Waals surface area contributed by atoms with E-state index in [-0.39, 0.29) is 6.61 Å². The Kier molecular flexibility index (Phi) is 3.16. The lowest BCUT2D eigenvalue weighted by molar-refractivity contribution is 0.209. The van der Waals surface area contributed by atoms with E-state index in [1.54, 1.807) is 0 Å². The number of nitrogens with zero attached hydrogens (tertiary/aromatic N) is 3. The summed E-state index contributed by atoms with van der Waals surface area (Å²) in [7, 11) is 2.15. The highest BCUT2D eigenvalue weighted by Gasteiger charge is 2.22. The van der Waals surface area contributed by atoms with Crippen LogP contribution in [-0.2, 0) is 6.61 Å². The maximum Gasteiger partial charge on any atom is 0.135 e. The third-order valence-electron chi connectivity index (χ3n) is 3.98. The Balaban J connectivity index is 2.05. The molecule has 3 N–H and O–H groups in total. The molecule has 1 saturated heterocycles. The zero-order chi connectivity index (χ0) is 13.4. The third-order valence-corrected chi connectivity index (χ3v) is 3.98. The topological polar surface area (TPSA) is 67.3 Å². The number of anilines is 1. The van der Waals surface area contributed by atoms with E-state index in [0.29, 0.717) is 11.7 Å². The fourth-order valence-corrected chi connectivity index (χ4v) is 2.94. The molecular formula is C14H20N4O. The molecule has 102 valence electrons. The summed E-state index contributed by atoms with van der Waals surface area (Å²) in [6.45, 7) is 2.15. The highest BCUT2D eigenvalue weighted by molar-refractivity contribution is 5.79. The highest BCUT2D eigenvalue weighted by Crippen LogP contribution is 2.29. The summed E-state index contributed by atoms with van der Waals surface area (Å²) >= 11 is 0. The maximum absolute atomic E-state index is 9.55. The van der Waals surface area contributed by atoms with Crippen molar-refractivity contribution in [3.8, 4) is 0 Å². The molecule has 1 aromatic carbocycles. The summed E-state index contributed by atoms with van der Waals surface area (Å²) in [5, 5.41) is 9.55. The maximum atomic E-state index is 9.55. The molecule has 0 bridgehead atoms. The Morgan fingerprint density at radius 2 is 2.11 bits per heavy atom.